The van der Waals surface area contributed by atoms with Gasteiger partial charge in [0.2, 0.25) is 0 Å². The maximum absolute atomic E-state index is 8.55. The van der Waals surface area contributed by atoms with Crippen molar-refractivity contribution in [2.24, 2.45) is 0 Å². The Morgan fingerprint density at radius 2 is 1.00 bits per heavy atom. The maximum Gasteiger partial charge on any atom is 0.0695 e. The average Bonchev–Trinajstić information content (AvgIpc) is 1.19. The Hall–Kier alpha value is 0.280. The van der Waals surface area contributed by atoms with Gasteiger partial charge in [0, 0.05) is 0 Å². The van der Waals surface area contributed by atoms with Gasteiger partial charge in [-0.05, 0) is 0 Å². The van der Waals surface area contributed by atoms with Gasteiger partial charge in [0.15, 0.2) is 0 Å². The molecule has 0 aromatic carbocycles. The lowest BCUT2D eigenvalue weighted by Crippen LogP contribution is -2.42. The van der Waals surface area contributed by atoms with Crippen LogP contribution in [0.1, 0.15) is 0 Å². The second-order valence-corrected chi connectivity index (χ2v) is 1.91. The first-order chi connectivity index (χ1) is 3.73. The van der Waals surface area contributed by atoms with E-state index in [4.69, 9.17) is 33.2 Å². The van der Waals surface area contributed by atoms with Gasteiger partial charge in [0.1, 0.15) is 0 Å². The molecule has 0 aliphatic rings. The van der Waals surface area contributed by atoms with E-state index in [1.807, 2.05) is 0 Å². The molecule has 0 aliphatic carbocycles. The van der Waals surface area contributed by atoms with Crippen molar-refractivity contribution in [1.82, 2.24) is 0 Å². The van der Waals surface area contributed by atoms with E-state index in [9.17, 15) is 0 Å². The normalized spacial score (nSPS) is 10.6. The van der Waals surface area contributed by atoms with Crippen LogP contribution < -0.4 is 28.7 Å². The van der Waals surface area contributed by atoms with E-state index in [1.165, 1.54) is 0 Å². The fourth-order valence-electron chi connectivity index (χ4n) is 0. The van der Waals surface area contributed by atoms with Crippen molar-refractivity contribution in [3.05, 3.63) is 0 Å². The molecule has 0 spiro atoms. The number of rotatable bonds is 0. The zero-order chi connectivity index (χ0) is 8.08. The molecule has 0 unspecified atom stereocenters. The first-order valence-corrected chi connectivity index (χ1v) is 3.58. The SMILES string of the molecule is O=P([O-])([O-])[O-].[O-][Cl+2]([O-])[O-]. The van der Waals surface area contributed by atoms with Crippen molar-refractivity contribution in [2.45, 2.75) is 0 Å². The molecule has 0 heterocycles. The summed E-state index contributed by atoms with van der Waals surface area (Å²) in [5.41, 5.74) is 0. The molecule has 0 N–H and O–H groups in total. The Morgan fingerprint density at radius 1 is 1.00 bits per heavy atom. The van der Waals surface area contributed by atoms with Crippen molar-refractivity contribution in [2.75, 3.05) is 0 Å². The van der Waals surface area contributed by atoms with Crippen molar-refractivity contribution < 1.29 is 44.0 Å². The van der Waals surface area contributed by atoms with Crippen molar-refractivity contribution in [3.8, 4) is 0 Å². The second kappa shape index (κ2) is 5.10. The molecule has 9 heavy (non-hydrogen) atoms. The minimum absolute atomic E-state index is 2.85. The predicted molar refractivity (Wildman–Crippen MR) is 7.61 cm³/mol. The van der Waals surface area contributed by atoms with Gasteiger partial charge in [-0.25, -0.2) is 0 Å². The van der Waals surface area contributed by atoms with Gasteiger partial charge in [-0.2, -0.15) is 7.82 Å². The summed E-state index contributed by atoms with van der Waals surface area (Å²) in [6, 6.07) is 0. The first-order valence-electron chi connectivity index (χ1n) is 1.19. The fraction of sp³-hybridized carbons (Fsp3) is 0. The van der Waals surface area contributed by atoms with E-state index in [-0.39, 0.29) is 0 Å². The van der Waals surface area contributed by atoms with Crippen LogP contribution in [0.5, 0.6) is 0 Å². The van der Waals surface area contributed by atoms with Crippen LogP contribution in [-0.2, 0) is 4.57 Å². The summed E-state index contributed by atoms with van der Waals surface area (Å²) in [6.07, 6.45) is 0. The lowest BCUT2D eigenvalue weighted by atomic mass is 15.8. The molecule has 0 saturated heterocycles. The van der Waals surface area contributed by atoms with E-state index in [0.29, 0.717) is 0 Å². The maximum atomic E-state index is 8.55. The molecule has 7 nitrogen and oxygen atoms in total. The molecule has 58 valence electrons. The Balaban J connectivity index is 0. The van der Waals surface area contributed by atoms with E-state index in [2.05, 4.69) is 0 Å². The summed E-state index contributed by atoms with van der Waals surface area (Å²) in [7, 11) is -8.24. The summed E-state index contributed by atoms with van der Waals surface area (Å²) < 4.78 is 33.8. The molecule has 0 saturated carbocycles. The summed E-state index contributed by atoms with van der Waals surface area (Å²) in [5, 5.41) is 0. The van der Waals surface area contributed by atoms with E-state index in [0.717, 1.165) is 0 Å². The quantitative estimate of drug-likeness (QED) is 0.334. The smallest absolute Gasteiger partial charge is 0.0695 e. The van der Waals surface area contributed by atoms with Crippen LogP contribution >= 0.6 is 7.82 Å². The van der Waals surface area contributed by atoms with Gasteiger partial charge in [0.25, 0.3) is 0 Å². The highest BCUT2D eigenvalue weighted by Crippen LogP contribution is 2.03. The average molecular weight is 178 g/mol. The minimum Gasteiger partial charge on any atom is -0.822 e. The standard InChI is InChI=1S/ClO3.H3O4P/c2-1(3)4;1-5(2,3)4/h;(H3,1,2,3,4)/q-1;/p-3. The van der Waals surface area contributed by atoms with Crippen LogP contribution in [0, 0.1) is 10.8 Å². The first kappa shape index (κ1) is 12.0. The van der Waals surface area contributed by atoms with E-state index in [1.54, 1.807) is 0 Å². The zero-order valence-electron chi connectivity index (χ0n) is 3.68. The molecule has 0 aliphatic heterocycles. The Kier molecular flexibility index (Phi) is 6.80. The second-order valence-electron chi connectivity index (χ2n) is 0.636. The van der Waals surface area contributed by atoms with Gasteiger partial charge in [-0.15, -0.1) is 0 Å². The highest BCUT2D eigenvalue weighted by atomic mass is 35.6. The van der Waals surface area contributed by atoms with Crippen LogP contribution in [0.15, 0.2) is 0 Å². The van der Waals surface area contributed by atoms with Crippen LogP contribution in [-0.4, -0.2) is 0 Å². The molecule has 0 aromatic rings. The highest BCUT2D eigenvalue weighted by Gasteiger charge is 1.60. The molecule has 0 aromatic heterocycles. The van der Waals surface area contributed by atoms with Gasteiger partial charge in [-0.1, -0.05) is 0 Å². The highest BCUT2D eigenvalue weighted by molar-refractivity contribution is 7.40. The molecule has 9 heteroatoms. The monoisotopic (exact) mass is 178 g/mol. The molecule has 0 rings (SSSR count). The molecule has 0 amide bonds. The van der Waals surface area contributed by atoms with Crippen molar-refractivity contribution in [3.63, 3.8) is 0 Å². The molecule has 0 fully saturated rings. The van der Waals surface area contributed by atoms with Gasteiger partial charge >= 0.3 is 0 Å². The van der Waals surface area contributed by atoms with E-state index >= 15 is 0 Å². The summed E-state index contributed by atoms with van der Waals surface area (Å²) >= 11 is 0. The molecule has 0 atom stereocenters. The lowest BCUT2D eigenvalue weighted by molar-refractivity contribution is -1.73. The largest absolute Gasteiger partial charge is 0.822 e. The third kappa shape index (κ3) is 4170. The third-order valence-corrected chi connectivity index (χ3v) is 0. The topological polar surface area (TPSA) is 155 Å². The predicted octanol–water partition coefficient (Wildman–Crippen LogP) is -6.39. The van der Waals surface area contributed by atoms with E-state index < -0.39 is 18.6 Å². The Morgan fingerprint density at radius 3 is 1.00 bits per heavy atom. The number of hydrogen-bond acceptors (Lipinski definition) is 7. The van der Waals surface area contributed by atoms with Crippen LogP contribution in [0.3, 0.4) is 0 Å². The van der Waals surface area contributed by atoms with Gasteiger partial charge < -0.3 is 33.2 Å². The van der Waals surface area contributed by atoms with Crippen molar-refractivity contribution >= 4 is 7.82 Å². The van der Waals surface area contributed by atoms with Crippen molar-refractivity contribution in [1.29, 1.82) is 0 Å². The Labute approximate surface area is 52.8 Å². The number of hydrogen-bond donors (Lipinski definition) is 0. The summed E-state index contributed by atoms with van der Waals surface area (Å²) in [4.78, 5) is 25.6. The van der Waals surface area contributed by atoms with Crippen LogP contribution in [0.25, 0.3) is 0 Å². The molecular weight excluding hydrogens is 178 g/mol. The summed E-state index contributed by atoms with van der Waals surface area (Å²) in [5.74, 6) is 0. The minimum atomic E-state index is -5.39. The van der Waals surface area contributed by atoms with Crippen LogP contribution in [0.2, 0.25) is 0 Å². The number of halogens is 1. The van der Waals surface area contributed by atoms with Gasteiger partial charge in [0.05, 0.1) is 10.8 Å². The van der Waals surface area contributed by atoms with Crippen LogP contribution in [0.4, 0.5) is 0 Å². The Bertz CT molecular complexity index is 80.1. The lowest BCUT2D eigenvalue weighted by Gasteiger charge is -2.36. The fourth-order valence-corrected chi connectivity index (χ4v) is 0. The summed E-state index contributed by atoms with van der Waals surface area (Å²) in [6.45, 7) is 0. The molecule has 0 bridgehead atoms. The molecule has 0 radical (unpaired) electrons. The third-order valence-electron chi connectivity index (χ3n) is 0. The number of phosphoric acid groups is 1. The molecular formula is ClO7P-4. The zero-order valence-corrected chi connectivity index (χ0v) is 5.33. The van der Waals surface area contributed by atoms with Gasteiger partial charge in [-0.3, -0.25) is 0 Å².